The van der Waals surface area contributed by atoms with Crippen molar-refractivity contribution >= 4 is 6.08 Å². The van der Waals surface area contributed by atoms with Gasteiger partial charge in [-0.25, -0.2) is 0 Å². The number of hydrogen-bond donors (Lipinski definition) is 1. The summed E-state index contributed by atoms with van der Waals surface area (Å²) in [6.45, 7) is 0. The molecule has 1 N–H and O–H groups in total. The fourth-order valence-electron chi connectivity index (χ4n) is 3.21. The van der Waals surface area contributed by atoms with Gasteiger partial charge in [-0.15, -0.1) is 0 Å². The number of nitrogens with one attached hydrogen (secondary N) is 1. The Morgan fingerprint density at radius 3 is 2.41 bits per heavy atom. The average molecular weight is 291 g/mol. The SMILES string of the molecule is C(=C\[C@@H]1CCC[C@@H](CCc2ccccc2)N1)/c1ccccc1. The molecule has 1 saturated heterocycles. The summed E-state index contributed by atoms with van der Waals surface area (Å²) in [4.78, 5) is 0. The van der Waals surface area contributed by atoms with Crippen LogP contribution in [0.2, 0.25) is 0 Å². The first-order valence-electron chi connectivity index (χ1n) is 8.43. The number of rotatable bonds is 5. The van der Waals surface area contributed by atoms with E-state index in [4.69, 9.17) is 0 Å². The lowest BCUT2D eigenvalue weighted by Crippen LogP contribution is -2.41. The first-order valence-corrected chi connectivity index (χ1v) is 8.43. The van der Waals surface area contributed by atoms with Crippen molar-refractivity contribution in [3.05, 3.63) is 77.9 Å². The smallest absolute Gasteiger partial charge is 0.0255 e. The van der Waals surface area contributed by atoms with Crippen LogP contribution in [0.15, 0.2) is 66.7 Å². The van der Waals surface area contributed by atoms with E-state index in [1.807, 2.05) is 0 Å². The van der Waals surface area contributed by atoms with Gasteiger partial charge in [0.2, 0.25) is 0 Å². The van der Waals surface area contributed by atoms with Gasteiger partial charge in [0, 0.05) is 12.1 Å². The molecule has 0 bridgehead atoms. The highest BCUT2D eigenvalue weighted by Gasteiger charge is 2.18. The largest absolute Gasteiger partial charge is 0.308 e. The van der Waals surface area contributed by atoms with Crippen LogP contribution in [0.5, 0.6) is 0 Å². The van der Waals surface area contributed by atoms with E-state index in [-0.39, 0.29) is 0 Å². The van der Waals surface area contributed by atoms with E-state index in [9.17, 15) is 0 Å². The highest BCUT2D eigenvalue weighted by Crippen LogP contribution is 2.18. The number of aryl methyl sites for hydroxylation is 1. The van der Waals surface area contributed by atoms with Gasteiger partial charge in [0.15, 0.2) is 0 Å². The molecule has 0 aliphatic carbocycles. The first kappa shape index (κ1) is 15.1. The van der Waals surface area contributed by atoms with Crippen molar-refractivity contribution in [3.63, 3.8) is 0 Å². The van der Waals surface area contributed by atoms with Crippen molar-refractivity contribution in [1.82, 2.24) is 5.32 Å². The van der Waals surface area contributed by atoms with Gasteiger partial charge >= 0.3 is 0 Å². The zero-order valence-electron chi connectivity index (χ0n) is 13.1. The van der Waals surface area contributed by atoms with Crippen molar-refractivity contribution in [3.8, 4) is 0 Å². The second-order valence-corrected chi connectivity index (χ2v) is 6.20. The molecule has 1 heteroatoms. The third kappa shape index (κ3) is 4.57. The molecule has 0 spiro atoms. The third-order valence-electron chi connectivity index (χ3n) is 4.46. The van der Waals surface area contributed by atoms with Crippen LogP contribution in [0.25, 0.3) is 6.08 Å². The maximum atomic E-state index is 3.81. The molecule has 1 aliphatic rings. The molecule has 2 aromatic rings. The molecule has 1 aliphatic heterocycles. The van der Waals surface area contributed by atoms with E-state index in [1.165, 1.54) is 43.2 Å². The monoisotopic (exact) mass is 291 g/mol. The molecular weight excluding hydrogens is 266 g/mol. The van der Waals surface area contributed by atoms with Crippen LogP contribution in [0.1, 0.15) is 36.8 Å². The van der Waals surface area contributed by atoms with Crippen LogP contribution in [0.4, 0.5) is 0 Å². The van der Waals surface area contributed by atoms with Gasteiger partial charge < -0.3 is 5.32 Å². The number of benzene rings is 2. The molecule has 2 aromatic carbocycles. The van der Waals surface area contributed by atoms with E-state index < -0.39 is 0 Å². The predicted molar refractivity (Wildman–Crippen MR) is 94.8 cm³/mol. The molecule has 0 radical (unpaired) electrons. The highest BCUT2D eigenvalue weighted by atomic mass is 15.0. The van der Waals surface area contributed by atoms with Crippen molar-refractivity contribution in [2.75, 3.05) is 0 Å². The summed E-state index contributed by atoms with van der Waals surface area (Å²) in [7, 11) is 0. The van der Waals surface area contributed by atoms with Crippen LogP contribution in [-0.2, 0) is 6.42 Å². The minimum Gasteiger partial charge on any atom is -0.308 e. The molecule has 0 saturated carbocycles. The van der Waals surface area contributed by atoms with Gasteiger partial charge in [-0.2, -0.15) is 0 Å². The minimum atomic E-state index is 0.523. The number of piperidine rings is 1. The summed E-state index contributed by atoms with van der Waals surface area (Å²) in [5, 5.41) is 3.81. The van der Waals surface area contributed by atoms with E-state index in [2.05, 4.69) is 78.1 Å². The van der Waals surface area contributed by atoms with Crippen LogP contribution < -0.4 is 5.32 Å². The Hall–Kier alpha value is -1.86. The molecule has 3 rings (SSSR count). The summed E-state index contributed by atoms with van der Waals surface area (Å²) in [6.07, 6.45) is 10.9. The third-order valence-corrected chi connectivity index (χ3v) is 4.46. The lowest BCUT2D eigenvalue weighted by atomic mass is 9.93. The first-order chi connectivity index (χ1) is 10.9. The lowest BCUT2D eigenvalue weighted by Gasteiger charge is -2.29. The van der Waals surface area contributed by atoms with E-state index in [0.29, 0.717) is 12.1 Å². The van der Waals surface area contributed by atoms with E-state index in [1.54, 1.807) is 0 Å². The van der Waals surface area contributed by atoms with Crippen LogP contribution in [0, 0.1) is 0 Å². The highest BCUT2D eigenvalue weighted by molar-refractivity contribution is 5.49. The van der Waals surface area contributed by atoms with E-state index >= 15 is 0 Å². The Morgan fingerprint density at radius 1 is 0.909 bits per heavy atom. The van der Waals surface area contributed by atoms with Gasteiger partial charge in [-0.3, -0.25) is 0 Å². The molecule has 2 atom stereocenters. The lowest BCUT2D eigenvalue weighted by molar-refractivity contribution is 0.341. The summed E-state index contributed by atoms with van der Waals surface area (Å²) in [5.41, 5.74) is 2.74. The summed E-state index contributed by atoms with van der Waals surface area (Å²) in [5.74, 6) is 0. The number of hydrogen-bond acceptors (Lipinski definition) is 1. The molecule has 1 fully saturated rings. The van der Waals surface area contributed by atoms with Crippen LogP contribution in [0.3, 0.4) is 0 Å². The Balaban J connectivity index is 1.50. The summed E-state index contributed by atoms with van der Waals surface area (Å²) < 4.78 is 0. The predicted octanol–water partition coefficient (Wildman–Crippen LogP) is 4.84. The van der Waals surface area contributed by atoms with Gasteiger partial charge in [0.1, 0.15) is 0 Å². The Bertz CT molecular complexity index is 573. The van der Waals surface area contributed by atoms with Gasteiger partial charge in [-0.1, -0.05) is 79.2 Å². The molecule has 0 aromatic heterocycles. The van der Waals surface area contributed by atoms with Crippen LogP contribution in [-0.4, -0.2) is 12.1 Å². The van der Waals surface area contributed by atoms with Crippen molar-refractivity contribution in [1.29, 1.82) is 0 Å². The Labute approximate surface area is 134 Å². The minimum absolute atomic E-state index is 0.523. The average Bonchev–Trinajstić information content (AvgIpc) is 2.60. The quantitative estimate of drug-likeness (QED) is 0.831. The zero-order chi connectivity index (χ0) is 15.0. The Morgan fingerprint density at radius 2 is 1.64 bits per heavy atom. The normalized spacial score (nSPS) is 22.0. The van der Waals surface area contributed by atoms with E-state index in [0.717, 1.165) is 0 Å². The van der Waals surface area contributed by atoms with Crippen molar-refractivity contribution < 1.29 is 0 Å². The second kappa shape index (κ2) is 7.95. The topological polar surface area (TPSA) is 12.0 Å². The summed E-state index contributed by atoms with van der Waals surface area (Å²) in [6, 6.07) is 22.6. The fraction of sp³-hybridized carbons (Fsp3) is 0.333. The van der Waals surface area contributed by atoms with Crippen molar-refractivity contribution in [2.24, 2.45) is 0 Å². The Kier molecular flexibility index (Phi) is 5.44. The maximum Gasteiger partial charge on any atom is 0.0255 e. The molecule has 22 heavy (non-hydrogen) atoms. The van der Waals surface area contributed by atoms with Crippen molar-refractivity contribution in [2.45, 2.75) is 44.2 Å². The second-order valence-electron chi connectivity index (χ2n) is 6.20. The van der Waals surface area contributed by atoms with Gasteiger partial charge in [0.25, 0.3) is 0 Å². The summed E-state index contributed by atoms with van der Waals surface area (Å²) >= 11 is 0. The molecule has 1 heterocycles. The molecular formula is C21H25N. The fourth-order valence-corrected chi connectivity index (χ4v) is 3.21. The molecule has 1 nitrogen and oxygen atoms in total. The van der Waals surface area contributed by atoms with Gasteiger partial charge in [0.05, 0.1) is 0 Å². The molecule has 114 valence electrons. The van der Waals surface area contributed by atoms with Gasteiger partial charge in [-0.05, 0) is 36.8 Å². The maximum absolute atomic E-state index is 3.81. The standard InChI is InChI=1S/C21H25N/c1-3-8-18(9-4-1)14-16-20-12-7-13-21(22-20)17-15-19-10-5-2-6-11-19/h1-6,8-11,14,16,20-22H,7,12-13,15,17H2/b16-14+/t20-,21-/m0/s1. The molecule has 0 amide bonds. The zero-order valence-corrected chi connectivity index (χ0v) is 13.1. The van der Waals surface area contributed by atoms with Crippen LogP contribution >= 0.6 is 0 Å². The molecule has 0 unspecified atom stereocenters.